The number of nitrogens with one attached hydrogen (secondary N) is 1. The smallest absolute Gasteiger partial charge is 0.00494 e. The third-order valence-electron chi connectivity index (χ3n) is 2.92. The summed E-state index contributed by atoms with van der Waals surface area (Å²) in [4.78, 5) is 0. The van der Waals surface area contributed by atoms with Gasteiger partial charge in [-0.2, -0.15) is 0 Å². The van der Waals surface area contributed by atoms with Crippen LogP contribution in [0.25, 0.3) is 0 Å². The van der Waals surface area contributed by atoms with Crippen molar-refractivity contribution in [3.63, 3.8) is 0 Å². The van der Waals surface area contributed by atoms with E-state index >= 15 is 0 Å². The molecular formula is C14H29N. The third-order valence-corrected chi connectivity index (χ3v) is 2.92. The van der Waals surface area contributed by atoms with E-state index in [1.807, 2.05) is 7.05 Å². The SMILES string of the molecule is CCC/C=C\C(C)CCC(C)CCNC. The fraction of sp³-hybridized carbons (Fsp3) is 0.857. The summed E-state index contributed by atoms with van der Waals surface area (Å²) in [5.74, 6) is 1.62. The van der Waals surface area contributed by atoms with Crippen molar-refractivity contribution in [1.29, 1.82) is 0 Å². The average Bonchev–Trinajstić information content (AvgIpc) is 2.24. The fourth-order valence-electron chi connectivity index (χ4n) is 1.67. The summed E-state index contributed by atoms with van der Waals surface area (Å²) >= 11 is 0. The molecule has 0 aromatic rings. The van der Waals surface area contributed by atoms with E-state index in [9.17, 15) is 0 Å². The lowest BCUT2D eigenvalue weighted by atomic mass is 9.95. The third kappa shape index (κ3) is 9.99. The van der Waals surface area contributed by atoms with E-state index in [1.165, 1.54) is 32.1 Å². The second kappa shape index (κ2) is 10.2. The Bertz CT molecular complexity index is 151. The minimum atomic E-state index is 0.758. The molecular weight excluding hydrogens is 182 g/mol. The van der Waals surface area contributed by atoms with E-state index in [-0.39, 0.29) is 0 Å². The van der Waals surface area contributed by atoms with Crippen molar-refractivity contribution in [2.75, 3.05) is 13.6 Å². The van der Waals surface area contributed by atoms with Crippen molar-refractivity contribution < 1.29 is 0 Å². The van der Waals surface area contributed by atoms with Gasteiger partial charge in [-0.25, -0.2) is 0 Å². The second-order valence-electron chi connectivity index (χ2n) is 4.77. The summed E-state index contributed by atoms with van der Waals surface area (Å²) in [5.41, 5.74) is 0. The molecule has 2 unspecified atom stereocenters. The summed E-state index contributed by atoms with van der Waals surface area (Å²) in [6.45, 7) is 8.08. The molecule has 0 aliphatic heterocycles. The van der Waals surface area contributed by atoms with E-state index in [2.05, 4.69) is 38.2 Å². The highest BCUT2D eigenvalue weighted by Crippen LogP contribution is 2.15. The van der Waals surface area contributed by atoms with Gasteiger partial charge in [-0.1, -0.05) is 45.8 Å². The summed E-state index contributed by atoms with van der Waals surface area (Å²) in [6.07, 6.45) is 11.2. The van der Waals surface area contributed by atoms with Gasteiger partial charge in [0, 0.05) is 0 Å². The molecule has 0 aromatic heterocycles. The molecule has 1 heteroatoms. The van der Waals surface area contributed by atoms with Gasteiger partial charge in [0.1, 0.15) is 0 Å². The highest BCUT2D eigenvalue weighted by molar-refractivity contribution is 4.86. The van der Waals surface area contributed by atoms with E-state index in [0.29, 0.717) is 0 Å². The van der Waals surface area contributed by atoms with Crippen molar-refractivity contribution in [3.8, 4) is 0 Å². The van der Waals surface area contributed by atoms with Gasteiger partial charge in [-0.15, -0.1) is 0 Å². The predicted octanol–water partition coefficient (Wildman–Crippen LogP) is 4.00. The molecule has 1 N–H and O–H groups in total. The molecule has 0 fully saturated rings. The van der Waals surface area contributed by atoms with Crippen molar-refractivity contribution >= 4 is 0 Å². The van der Waals surface area contributed by atoms with Crippen LogP contribution in [0, 0.1) is 11.8 Å². The summed E-state index contributed by atoms with van der Waals surface area (Å²) in [6, 6.07) is 0. The Hall–Kier alpha value is -0.300. The number of hydrogen-bond acceptors (Lipinski definition) is 1. The second-order valence-corrected chi connectivity index (χ2v) is 4.77. The first-order chi connectivity index (χ1) is 7.20. The molecule has 2 atom stereocenters. The largest absolute Gasteiger partial charge is 0.320 e. The minimum absolute atomic E-state index is 0.758. The topological polar surface area (TPSA) is 12.0 Å². The number of allylic oxidation sites excluding steroid dienone is 2. The van der Waals surface area contributed by atoms with Gasteiger partial charge >= 0.3 is 0 Å². The van der Waals surface area contributed by atoms with Crippen LogP contribution in [0.1, 0.15) is 52.9 Å². The van der Waals surface area contributed by atoms with E-state index in [1.54, 1.807) is 0 Å². The van der Waals surface area contributed by atoms with Crippen LogP contribution < -0.4 is 5.32 Å². The molecule has 1 nitrogen and oxygen atoms in total. The van der Waals surface area contributed by atoms with Crippen LogP contribution in [0.15, 0.2) is 12.2 Å². The van der Waals surface area contributed by atoms with Gasteiger partial charge in [-0.05, 0) is 44.7 Å². The van der Waals surface area contributed by atoms with Gasteiger partial charge in [0.15, 0.2) is 0 Å². The Kier molecular flexibility index (Phi) is 10.0. The van der Waals surface area contributed by atoms with Crippen molar-refractivity contribution in [3.05, 3.63) is 12.2 Å². The standard InChI is InChI=1S/C14H29N/c1-5-6-7-8-13(2)9-10-14(3)11-12-15-4/h7-8,13-15H,5-6,9-12H2,1-4H3/b8-7-. The Morgan fingerprint density at radius 2 is 1.87 bits per heavy atom. The zero-order valence-corrected chi connectivity index (χ0v) is 11.1. The Morgan fingerprint density at radius 1 is 1.13 bits per heavy atom. The van der Waals surface area contributed by atoms with Crippen LogP contribution in [0.5, 0.6) is 0 Å². The lowest BCUT2D eigenvalue weighted by Gasteiger charge is -2.12. The first kappa shape index (κ1) is 14.7. The van der Waals surface area contributed by atoms with Gasteiger partial charge < -0.3 is 5.32 Å². The van der Waals surface area contributed by atoms with E-state index in [0.717, 1.165) is 18.4 Å². The first-order valence-electron chi connectivity index (χ1n) is 6.52. The van der Waals surface area contributed by atoms with Crippen molar-refractivity contribution in [1.82, 2.24) is 5.32 Å². The highest BCUT2D eigenvalue weighted by atomic mass is 14.8. The summed E-state index contributed by atoms with van der Waals surface area (Å²) in [5, 5.41) is 3.21. The number of hydrogen-bond donors (Lipinski definition) is 1. The number of unbranched alkanes of at least 4 members (excludes halogenated alkanes) is 1. The molecule has 0 aromatic carbocycles. The quantitative estimate of drug-likeness (QED) is 0.568. The maximum Gasteiger partial charge on any atom is -0.00494 e. The lowest BCUT2D eigenvalue weighted by Crippen LogP contribution is -2.11. The van der Waals surface area contributed by atoms with Crippen LogP contribution in [-0.4, -0.2) is 13.6 Å². The molecule has 0 aliphatic rings. The molecule has 0 radical (unpaired) electrons. The Labute approximate surface area is 96.3 Å². The maximum atomic E-state index is 3.21. The van der Waals surface area contributed by atoms with Crippen LogP contribution in [-0.2, 0) is 0 Å². The molecule has 0 saturated carbocycles. The fourth-order valence-corrected chi connectivity index (χ4v) is 1.67. The Morgan fingerprint density at radius 3 is 2.47 bits per heavy atom. The summed E-state index contributed by atoms with van der Waals surface area (Å²) < 4.78 is 0. The first-order valence-corrected chi connectivity index (χ1v) is 6.52. The van der Waals surface area contributed by atoms with Gasteiger partial charge in [0.25, 0.3) is 0 Å². The molecule has 15 heavy (non-hydrogen) atoms. The van der Waals surface area contributed by atoms with Crippen LogP contribution in [0.3, 0.4) is 0 Å². The molecule has 0 bridgehead atoms. The van der Waals surface area contributed by atoms with E-state index in [4.69, 9.17) is 0 Å². The molecule has 0 saturated heterocycles. The summed E-state index contributed by atoms with van der Waals surface area (Å²) in [7, 11) is 2.03. The van der Waals surface area contributed by atoms with Crippen LogP contribution in [0.2, 0.25) is 0 Å². The lowest BCUT2D eigenvalue weighted by molar-refractivity contribution is 0.438. The predicted molar refractivity (Wildman–Crippen MR) is 70.2 cm³/mol. The highest BCUT2D eigenvalue weighted by Gasteiger charge is 2.03. The molecule has 0 amide bonds. The van der Waals surface area contributed by atoms with E-state index < -0.39 is 0 Å². The van der Waals surface area contributed by atoms with Crippen LogP contribution >= 0.6 is 0 Å². The molecule has 0 aliphatic carbocycles. The van der Waals surface area contributed by atoms with Crippen LogP contribution in [0.4, 0.5) is 0 Å². The molecule has 0 heterocycles. The van der Waals surface area contributed by atoms with Crippen molar-refractivity contribution in [2.45, 2.75) is 52.9 Å². The maximum absolute atomic E-state index is 3.21. The molecule has 0 rings (SSSR count). The molecule has 0 spiro atoms. The monoisotopic (exact) mass is 211 g/mol. The van der Waals surface area contributed by atoms with Gasteiger partial charge in [0.05, 0.1) is 0 Å². The Balaban J connectivity index is 3.47. The normalized spacial score (nSPS) is 15.7. The zero-order chi connectivity index (χ0) is 11.5. The zero-order valence-electron chi connectivity index (χ0n) is 11.1. The number of rotatable bonds is 9. The van der Waals surface area contributed by atoms with Crippen molar-refractivity contribution in [2.24, 2.45) is 11.8 Å². The van der Waals surface area contributed by atoms with Gasteiger partial charge in [-0.3, -0.25) is 0 Å². The molecule has 90 valence electrons. The van der Waals surface area contributed by atoms with Gasteiger partial charge in [0.2, 0.25) is 0 Å². The average molecular weight is 211 g/mol. The minimum Gasteiger partial charge on any atom is -0.320 e.